The van der Waals surface area contributed by atoms with Crippen LogP contribution in [0.25, 0.3) is 0 Å². The molecule has 0 spiro atoms. The lowest BCUT2D eigenvalue weighted by molar-refractivity contribution is 0.152. The molecule has 17 heavy (non-hydrogen) atoms. The molecule has 1 N–H and O–H groups in total. The Balaban J connectivity index is 1.48. The number of piperidine rings is 1. The molecule has 3 rings (SSSR count). The van der Waals surface area contributed by atoms with E-state index in [1.165, 1.54) is 58.0 Å². The fourth-order valence-electron chi connectivity index (χ4n) is 4.33. The molecule has 0 aromatic carbocycles. The first-order valence-corrected chi connectivity index (χ1v) is 7.64. The van der Waals surface area contributed by atoms with Crippen LogP contribution in [-0.4, -0.2) is 35.6 Å². The second-order valence-electron chi connectivity index (χ2n) is 7.17. The molecule has 0 saturated carbocycles. The second-order valence-corrected chi connectivity index (χ2v) is 7.17. The summed E-state index contributed by atoms with van der Waals surface area (Å²) in [4.78, 5) is 2.73. The lowest BCUT2D eigenvalue weighted by Gasteiger charge is -2.35. The van der Waals surface area contributed by atoms with E-state index in [1.807, 2.05) is 0 Å². The van der Waals surface area contributed by atoms with E-state index < -0.39 is 0 Å². The zero-order chi connectivity index (χ0) is 11.9. The Kier molecular flexibility index (Phi) is 3.20. The third-order valence-electron chi connectivity index (χ3n) is 5.45. The van der Waals surface area contributed by atoms with Crippen molar-refractivity contribution in [2.75, 3.05) is 13.1 Å². The minimum absolute atomic E-state index is 0.478. The third kappa shape index (κ3) is 2.53. The van der Waals surface area contributed by atoms with Gasteiger partial charge in [-0.2, -0.15) is 0 Å². The molecule has 3 fully saturated rings. The van der Waals surface area contributed by atoms with E-state index in [0.717, 1.165) is 18.0 Å². The molecule has 3 saturated heterocycles. The van der Waals surface area contributed by atoms with Crippen molar-refractivity contribution in [1.82, 2.24) is 10.2 Å². The highest BCUT2D eigenvalue weighted by Gasteiger charge is 2.35. The highest BCUT2D eigenvalue weighted by Crippen LogP contribution is 2.34. The Hall–Kier alpha value is -0.0800. The van der Waals surface area contributed by atoms with Gasteiger partial charge in [-0.1, -0.05) is 0 Å². The van der Waals surface area contributed by atoms with E-state index in [0.29, 0.717) is 5.54 Å². The SMILES string of the molecule is CC1(C)CCCN1CCC1CC2CCC(C1)N2. The van der Waals surface area contributed by atoms with E-state index in [4.69, 9.17) is 0 Å². The summed E-state index contributed by atoms with van der Waals surface area (Å²) in [5, 5.41) is 3.75. The van der Waals surface area contributed by atoms with Gasteiger partial charge in [-0.3, -0.25) is 4.90 Å². The second kappa shape index (κ2) is 4.55. The smallest absolute Gasteiger partial charge is 0.0153 e. The number of hydrogen-bond donors (Lipinski definition) is 1. The van der Waals surface area contributed by atoms with Gasteiger partial charge >= 0.3 is 0 Å². The predicted octanol–water partition coefficient (Wildman–Crippen LogP) is 2.78. The summed E-state index contributed by atoms with van der Waals surface area (Å²) in [5.41, 5.74) is 0.478. The lowest BCUT2D eigenvalue weighted by Crippen LogP contribution is -2.42. The summed E-state index contributed by atoms with van der Waals surface area (Å²) in [6.07, 6.45) is 10.0. The van der Waals surface area contributed by atoms with Crippen LogP contribution in [0.2, 0.25) is 0 Å². The largest absolute Gasteiger partial charge is 0.311 e. The van der Waals surface area contributed by atoms with Crippen molar-refractivity contribution in [3.05, 3.63) is 0 Å². The molecule has 98 valence electrons. The first-order chi connectivity index (χ1) is 8.13. The third-order valence-corrected chi connectivity index (χ3v) is 5.45. The van der Waals surface area contributed by atoms with E-state index >= 15 is 0 Å². The number of rotatable bonds is 3. The zero-order valence-electron chi connectivity index (χ0n) is 11.5. The van der Waals surface area contributed by atoms with Crippen LogP contribution in [0.5, 0.6) is 0 Å². The van der Waals surface area contributed by atoms with Crippen molar-refractivity contribution in [2.45, 2.75) is 76.4 Å². The molecule has 3 aliphatic heterocycles. The Bertz CT molecular complexity index is 262. The van der Waals surface area contributed by atoms with Crippen LogP contribution in [0.4, 0.5) is 0 Å². The molecule has 2 bridgehead atoms. The van der Waals surface area contributed by atoms with Gasteiger partial charge in [0.25, 0.3) is 0 Å². The van der Waals surface area contributed by atoms with Gasteiger partial charge < -0.3 is 5.32 Å². The van der Waals surface area contributed by atoms with Crippen LogP contribution in [0, 0.1) is 5.92 Å². The molecule has 2 unspecified atom stereocenters. The maximum atomic E-state index is 3.75. The zero-order valence-corrected chi connectivity index (χ0v) is 11.5. The molecule has 2 heteroatoms. The summed E-state index contributed by atoms with van der Waals surface area (Å²) in [5.74, 6) is 1.00. The quantitative estimate of drug-likeness (QED) is 0.810. The standard InChI is InChI=1S/C15H28N2/c1-15(2)7-3-8-17(15)9-6-12-10-13-4-5-14(11-12)16-13/h12-14,16H,3-11H2,1-2H3. The highest BCUT2D eigenvalue weighted by atomic mass is 15.2. The van der Waals surface area contributed by atoms with E-state index in [1.54, 1.807) is 0 Å². The summed E-state index contributed by atoms with van der Waals surface area (Å²) in [6, 6.07) is 1.73. The molecule has 0 aromatic rings. The number of likely N-dealkylation sites (tertiary alicyclic amines) is 1. The molecule has 2 atom stereocenters. The highest BCUT2D eigenvalue weighted by molar-refractivity contribution is 4.93. The van der Waals surface area contributed by atoms with Crippen LogP contribution in [0.1, 0.15) is 58.8 Å². The van der Waals surface area contributed by atoms with Crippen LogP contribution in [0.3, 0.4) is 0 Å². The van der Waals surface area contributed by atoms with Gasteiger partial charge in [0, 0.05) is 17.6 Å². The molecule has 0 radical (unpaired) electrons. The normalized spacial score (nSPS) is 40.9. The minimum Gasteiger partial charge on any atom is -0.311 e. The summed E-state index contributed by atoms with van der Waals surface area (Å²) in [6.45, 7) is 7.53. The molecule has 0 aliphatic carbocycles. The number of fused-ring (bicyclic) bond motifs is 2. The van der Waals surface area contributed by atoms with Gasteiger partial charge in [-0.15, -0.1) is 0 Å². The maximum Gasteiger partial charge on any atom is 0.0153 e. The van der Waals surface area contributed by atoms with Crippen LogP contribution < -0.4 is 5.32 Å². The number of hydrogen-bond acceptors (Lipinski definition) is 2. The molecular weight excluding hydrogens is 208 g/mol. The molecule has 0 aromatic heterocycles. The van der Waals surface area contributed by atoms with Crippen molar-refractivity contribution < 1.29 is 0 Å². The molecule has 0 amide bonds. The van der Waals surface area contributed by atoms with Crippen LogP contribution in [0.15, 0.2) is 0 Å². The van der Waals surface area contributed by atoms with Gasteiger partial charge in [0.1, 0.15) is 0 Å². The topological polar surface area (TPSA) is 15.3 Å². The molecule has 2 nitrogen and oxygen atoms in total. The lowest BCUT2D eigenvalue weighted by atomic mass is 9.89. The van der Waals surface area contributed by atoms with E-state index in [2.05, 4.69) is 24.1 Å². The Morgan fingerprint density at radius 3 is 2.47 bits per heavy atom. The number of nitrogens with zero attached hydrogens (tertiary/aromatic N) is 1. The maximum absolute atomic E-state index is 3.75. The Morgan fingerprint density at radius 2 is 1.88 bits per heavy atom. The van der Waals surface area contributed by atoms with E-state index in [-0.39, 0.29) is 0 Å². The van der Waals surface area contributed by atoms with Crippen LogP contribution in [-0.2, 0) is 0 Å². The van der Waals surface area contributed by atoms with Crippen molar-refractivity contribution in [3.8, 4) is 0 Å². The average Bonchev–Trinajstić information content (AvgIpc) is 2.79. The average molecular weight is 236 g/mol. The fourth-order valence-corrected chi connectivity index (χ4v) is 4.33. The van der Waals surface area contributed by atoms with Crippen molar-refractivity contribution in [3.63, 3.8) is 0 Å². The van der Waals surface area contributed by atoms with Crippen molar-refractivity contribution in [2.24, 2.45) is 5.92 Å². The van der Waals surface area contributed by atoms with Gasteiger partial charge in [0.2, 0.25) is 0 Å². The first-order valence-electron chi connectivity index (χ1n) is 7.64. The fraction of sp³-hybridized carbons (Fsp3) is 1.00. The minimum atomic E-state index is 0.478. The monoisotopic (exact) mass is 236 g/mol. The van der Waals surface area contributed by atoms with Gasteiger partial charge in [-0.25, -0.2) is 0 Å². The first kappa shape index (κ1) is 12.0. The van der Waals surface area contributed by atoms with Gasteiger partial charge in [0.15, 0.2) is 0 Å². The Morgan fingerprint density at radius 1 is 1.18 bits per heavy atom. The number of nitrogens with one attached hydrogen (secondary N) is 1. The van der Waals surface area contributed by atoms with E-state index in [9.17, 15) is 0 Å². The summed E-state index contributed by atoms with van der Waals surface area (Å²) in [7, 11) is 0. The van der Waals surface area contributed by atoms with Gasteiger partial charge in [-0.05, 0) is 77.8 Å². The van der Waals surface area contributed by atoms with Gasteiger partial charge in [0.05, 0.1) is 0 Å². The summed E-state index contributed by atoms with van der Waals surface area (Å²) >= 11 is 0. The van der Waals surface area contributed by atoms with Crippen molar-refractivity contribution in [1.29, 1.82) is 0 Å². The molecular formula is C15H28N2. The summed E-state index contributed by atoms with van der Waals surface area (Å²) < 4.78 is 0. The predicted molar refractivity (Wildman–Crippen MR) is 72.2 cm³/mol. The van der Waals surface area contributed by atoms with Crippen molar-refractivity contribution >= 4 is 0 Å². The molecule has 3 heterocycles. The Labute approximate surface area is 106 Å². The van der Waals surface area contributed by atoms with Crippen LogP contribution >= 0.6 is 0 Å². The molecule has 3 aliphatic rings.